The zero-order chi connectivity index (χ0) is 15.4. The first-order valence-electron chi connectivity index (χ1n) is 6.74. The number of nitrogens with zero attached hydrogens (tertiary/aromatic N) is 1. The Morgan fingerprint density at radius 3 is 2.71 bits per heavy atom. The number of amides is 1. The maximum absolute atomic E-state index is 13.6. The molecule has 1 atom stereocenters. The molecule has 0 aliphatic heterocycles. The number of halogens is 2. The van der Waals surface area contributed by atoms with Gasteiger partial charge in [0.15, 0.2) is 5.82 Å². The molecule has 0 fully saturated rings. The molecule has 1 aromatic carbocycles. The van der Waals surface area contributed by atoms with Gasteiger partial charge < -0.3 is 5.32 Å². The topological polar surface area (TPSA) is 42.0 Å². The Bertz CT molecular complexity index is 658. The standard InChI is InChI=1S/C16H16F2N2O/c1-3-10(2)11-6-4-5-7-13(11)20-16(21)12-8-9-19-15(18)14(12)17/h4-10H,3H2,1-2H3,(H,20,21). The number of hydrogen-bond acceptors (Lipinski definition) is 2. The summed E-state index contributed by atoms with van der Waals surface area (Å²) in [7, 11) is 0. The van der Waals surface area contributed by atoms with Crippen LogP contribution in [0.3, 0.4) is 0 Å². The average Bonchev–Trinajstić information content (AvgIpc) is 2.49. The second kappa shape index (κ2) is 6.43. The van der Waals surface area contributed by atoms with Gasteiger partial charge in [0.1, 0.15) is 0 Å². The van der Waals surface area contributed by atoms with E-state index in [1.807, 2.05) is 26.0 Å². The molecule has 1 unspecified atom stereocenters. The average molecular weight is 290 g/mol. The first kappa shape index (κ1) is 15.1. The maximum atomic E-state index is 13.6. The molecule has 2 rings (SSSR count). The van der Waals surface area contributed by atoms with Gasteiger partial charge in [0, 0.05) is 11.9 Å². The number of nitrogens with one attached hydrogen (secondary N) is 1. The number of benzene rings is 1. The summed E-state index contributed by atoms with van der Waals surface area (Å²) in [6, 6.07) is 8.47. The number of carbonyl (C=O) groups excluding carboxylic acids is 1. The van der Waals surface area contributed by atoms with E-state index in [9.17, 15) is 13.6 Å². The molecule has 0 spiro atoms. The first-order valence-corrected chi connectivity index (χ1v) is 6.74. The van der Waals surface area contributed by atoms with Crippen molar-refractivity contribution < 1.29 is 13.6 Å². The number of pyridine rings is 1. The fourth-order valence-corrected chi connectivity index (χ4v) is 2.04. The lowest BCUT2D eigenvalue weighted by molar-refractivity contribution is 0.102. The number of rotatable bonds is 4. The predicted octanol–water partition coefficient (Wildman–Crippen LogP) is 4.13. The van der Waals surface area contributed by atoms with Crippen LogP contribution in [-0.2, 0) is 0 Å². The van der Waals surface area contributed by atoms with Gasteiger partial charge in [0.2, 0.25) is 5.95 Å². The molecular weight excluding hydrogens is 274 g/mol. The number of aromatic nitrogens is 1. The Hall–Kier alpha value is -2.30. The van der Waals surface area contributed by atoms with Crippen LogP contribution in [0.2, 0.25) is 0 Å². The summed E-state index contributed by atoms with van der Waals surface area (Å²) >= 11 is 0. The molecule has 0 saturated heterocycles. The summed E-state index contributed by atoms with van der Waals surface area (Å²) in [5, 5.41) is 2.64. The minimum Gasteiger partial charge on any atom is -0.322 e. The molecule has 2 aromatic rings. The summed E-state index contributed by atoms with van der Waals surface area (Å²) in [6.07, 6.45) is 1.97. The second-order valence-electron chi connectivity index (χ2n) is 4.81. The van der Waals surface area contributed by atoms with Gasteiger partial charge in [0.25, 0.3) is 5.91 Å². The summed E-state index contributed by atoms with van der Waals surface area (Å²) in [4.78, 5) is 15.3. The van der Waals surface area contributed by atoms with Crippen molar-refractivity contribution >= 4 is 11.6 Å². The third-order valence-electron chi connectivity index (χ3n) is 3.44. The summed E-state index contributed by atoms with van der Waals surface area (Å²) < 4.78 is 26.7. The summed E-state index contributed by atoms with van der Waals surface area (Å²) in [5.41, 5.74) is 1.21. The van der Waals surface area contributed by atoms with Crippen molar-refractivity contribution in [3.8, 4) is 0 Å². The van der Waals surface area contributed by atoms with Gasteiger partial charge in [-0.3, -0.25) is 4.79 Å². The van der Waals surface area contributed by atoms with E-state index in [0.717, 1.165) is 24.2 Å². The number of para-hydroxylation sites is 1. The fourth-order valence-electron chi connectivity index (χ4n) is 2.04. The highest BCUT2D eigenvalue weighted by molar-refractivity contribution is 6.04. The third-order valence-corrected chi connectivity index (χ3v) is 3.44. The molecule has 0 aliphatic carbocycles. The van der Waals surface area contributed by atoms with Crippen LogP contribution in [0.1, 0.15) is 42.1 Å². The molecule has 3 nitrogen and oxygen atoms in total. The Morgan fingerprint density at radius 1 is 1.29 bits per heavy atom. The van der Waals surface area contributed by atoms with Crippen molar-refractivity contribution in [1.82, 2.24) is 4.98 Å². The molecule has 5 heteroatoms. The summed E-state index contributed by atoms with van der Waals surface area (Å²) in [6.45, 7) is 4.08. The van der Waals surface area contributed by atoms with E-state index in [4.69, 9.17) is 0 Å². The Labute approximate surface area is 122 Å². The molecule has 0 saturated carbocycles. The zero-order valence-electron chi connectivity index (χ0n) is 11.9. The van der Waals surface area contributed by atoms with Crippen LogP contribution >= 0.6 is 0 Å². The molecule has 1 heterocycles. The maximum Gasteiger partial charge on any atom is 0.258 e. The molecule has 21 heavy (non-hydrogen) atoms. The molecular formula is C16H16F2N2O. The molecule has 110 valence electrons. The third kappa shape index (κ3) is 3.24. The smallest absolute Gasteiger partial charge is 0.258 e. The summed E-state index contributed by atoms with van der Waals surface area (Å²) in [5.74, 6) is -2.96. The SMILES string of the molecule is CCC(C)c1ccccc1NC(=O)c1ccnc(F)c1F. The minimum absolute atomic E-state index is 0.250. The molecule has 1 aromatic heterocycles. The number of carbonyl (C=O) groups is 1. The number of anilines is 1. The van der Waals surface area contributed by atoms with Gasteiger partial charge in [-0.2, -0.15) is 4.39 Å². The van der Waals surface area contributed by atoms with E-state index in [1.54, 1.807) is 12.1 Å². The molecule has 0 aliphatic rings. The van der Waals surface area contributed by atoms with E-state index in [1.165, 1.54) is 0 Å². The van der Waals surface area contributed by atoms with Gasteiger partial charge in [-0.1, -0.05) is 32.0 Å². The van der Waals surface area contributed by atoms with Crippen molar-refractivity contribution in [2.75, 3.05) is 5.32 Å². The van der Waals surface area contributed by atoms with E-state index >= 15 is 0 Å². The first-order chi connectivity index (χ1) is 10.0. The van der Waals surface area contributed by atoms with Gasteiger partial charge in [0.05, 0.1) is 5.56 Å². The predicted molar refractivity (Wildman–Crippen MR) is 77.3 cm³/mol. The molecule has 1 N–H and O–H groups in total. The van der Waals surface area contributed by atoms with Crippen LogP contribution in [0.15, 0.2) is 36.5 Å². The largest absolute Gasteiger partial charge is 0.322 e. The Morgan fingerprint density at radius 2 is 2.00 bits per heavy atom. The van der Waals surface area contributed by atoms with E-state index in [-0.39, 0.29) is 11.5 Å². The Kier molecular flexibility index (Phi) is 4.62. The van der Waals surface area contributed by atoms with E-state index in [0.29, 0.717) is 5.69 Å². The van der Waals surface area contributed by atoms with E-state index in [2.05, 4.69) is 10.3 Å². The van der Waals surface area contributed by atoms with Crippen LogP contribution in [-0.4, -0.2) is 10.9 Å². The normalized spacial score (nSPS) is 12.0. The van der Waals surface area contributed by atoms with Gasteiger partial charge in [-0.25, -0.2) is 9.37 Å². The lowest BCUT2D eigenvalue weighted by atomic mass is 9.97. The highest BCUT2D eigenvalue weighted by atomic mass is 19.2. The van der Waals surface area contributed by atoms with E-state index < -0.39 is 17.7 Å². The van der Waals surface area contributed by atoms with Crippen molar-refractivity contribution in [3.05, 3.63) is 59.4 Å². The van der Waals surface area contributed by atoms with Crippen molar-refractivity contribution in [2.45, 2.75) is 26.2 Å². The number of hydrogen-bond donors (Lipinski definition) is 1. The van der Waals surface area contributed by atoms with Gasteiger partial charge in [-0.05, 0) is 30.0 Å². The van der Waals surface area contributed by atoms with Gasteiger partial charge in [-0.15, -0.1) is 0 Å². The lowest BCUT2D eigenvalue weighted by Crippen LogP contribution is -2.16. The highest BCUT2D eigenvalue weighted by Crippen LogP contribution is 2.27. The molecule has 0 radical (unpaired) electrons. The van der Waals surface area contributed by atoms with Crippen LogP contribution in [0.4, 0.5) is 14.5 Å². The van der Waals surface area contributed by atoms with Gasteiger partial charge >= 0.3 is 0 Å². The molecule has 1 amide bonds. The van der Waals surface area contributed by atoms with Crippen molar-refractivity contribution in [1.29, 1.82) is 0 Å². The Balaban J connectivity index is 2.30. The zero-order valence-corrected chi connectivity index (χ0v) is 11.9. The molecule has 0 bridgehead atoms. The second-order valence-corrected chi connectivity index (χ2v) is 4.81. The fraction of sp³-hybridized carbons (Fsp3) is 0.250. The van der Waals surface area contributed by atoms with Crippen molar-refractivity contribution in [3.63, 3.8) is 0 Å². The van der Waals surface area contributed by atoms with Crippen LogP contribution in [0.25, 0.3) is 0 Å². The minimum atomic E-state index is -1.28. The quantitative estimate of drug-likeness (QED) is 0.860. The lowest BCUT2D eigenvalue weighted by Gasteiger charge is -2.15. The highest BCUT2D eigenvalue weighted by Gasteiger charge is 2.18. The van der Waals surface area contributed by atoms with Crippen LogP contribution in [0.5, 0.6) is 0 Å². The van der Waals surface area contributed by atoms with Crippen LogP contribution < -0.4 is 5.32 Å². The monoisotopic (exact) mass is 290 g/mol. The van der Waals surface area contributed by atoms with Crippen LogP contribution in [0, 0.1) is 11.8 Å². The van der Waals surface area contributed by atoms with Crippen molar-refractivity contribution in [2.24, 2.45) is 0 Å².